The smallest absolute Gasteiger partial charge is 0.129 e. The number of aliphatic hydroxyl groups is 2. The van der Waals surface area contributed by atoms with Gasteiger partial charge in [0, 0.05) is 11.3 Å². The molecular formula is C10H13FO2S. The maximum atomic E-state index is 13.2. The van der Waals surface area contributed by atoms with Gasteiger partial charge in [0.25, 0.3) is 0 Å². The van der Waals surface area contributed by atoms with E-state index in [1.807, 2.05) is 0 Å². The maximum Gasteiger partial charge on any atom is 0.129 e. The molecule has 2 N–H and O–H groups in total. The van der Waals surface area contributed by atoms with E-state index >= 15 is 0 Å². The highest BCUT2D eigenvalue weighted by atomic mass is 32.1. The Morgan fingerprint density at radius 3 is 2.64 bits per heavy atom. The highest BCUT2D eigenvalue weighted by Gasteiger charge is 2.20. The van der Waals surface area contributed by atoms with Crippen LogP contribution in [0.5, 0.6) is 0 Å². The molecule has 0 spiro atoms. The minimum Gasteiger partial charge on any atom is -0.389 e. The molecule has 2 nitrogen and oxygen atoms in total. The van der Waals surface area contributed by atoms with Crippen LogP contribution in [0, 0.1) is 12.7 Å². The monoisotopic (exact) mass is 216 g/mol. The van der Waals surface area contributed by atoms with Crippen LogP contribution in [0.3, 0.4) is 0 Å². The van der Waals surface area contributed by atoms with Crippen molar-refractivity contribution in [2.45, 2.75) is 19.1 Å². The van der Waals surface area contributed by atoms with Crippen molar-refractivity contribution in [2.24, 2.45) is 0 Å². The van der Waals surface area contributed by atoms with Gasteiger partial charge in [-0.1, -0.05) is 17.7 Å². The van der Waals surface area contributed by atoms with Crippen LogP contribution in [0.2, 0.25) is 0 Å². The predicted octanol–water partition coefficient (Wildman–Crippen LogP) is 1.46. The molecule has 0 saturated carbocycles. The van der Waals surface area contributed by atoms with Gasteiger partial charge in [-0.05, 0) is 13.0 Å². The van der Waals surface area contributed by atoms with Gasteiger partial charge in [0.2, 0.25) is 0 Å². The topological polar surface area (TPSA) is 40.5 Å². The number of hydrogen-bond donors (Lipinski definition) is 3. The number of aliphatic hydroxyl groups excluding tert-OH is 2. The van der Waals surface area contributed by atoms with Crippen LogP contribution in [0.15, 0.2) is 18.2 Å². The van der Waals surface area contributed by atoms with Gasteiger partial charge in [-0.3, -0.25) is 0 Å². The van der Waals surface area contributed by atoms with Gasteiger partial charge in [-0.2, -0.15) is 12.6 Å². The van der Waals surface area contributed by atoms with Crippen LogP contribution < -0.4 is 0 Å². The quantitative estimate of drug-likeness (QED) is 0.669. The summed E-state index contributed by atoms with van der Waals surface area (Å²) in [5.41, 5.74) is 0.957. The van der Waals surface area contributed by atoms with Gasteiger partial charge >= 0.3 is 0 Å². The summed E-state index contributed by atoms with van der Waals surface area (Å²) in [6.45, 7) is 1.79. The van der Waals surface area contributed by atoms with Crippen LogP contribution in [-0.4, -0.2) is 22.1 Å². The highest BCUT2D eigenvalue weighted by molar-refractivity contribution is 7.80. The summed E-state index contributed by atoms with van der Waals surface area (Å²) in [6, 6.07) is 4.41. The number of benzene rings is 1. The molecule has 0 fully saturated rings. The molecule has 0 amide bonds. The van der Waals surface area contributed by atoms with Crippen LogP contribution >= 0.6 is 12.6 Å². The van der Waals surface area contributed by atoms with E-state index in [2.05, 4.69) is 12.6 Å². The second-order valence-electron chi connectivity index (χ2n) is 3.22. The molecule has 1 aromatic carbocycles. The summed E-state index contributed by atoms with van der Waals surface area (Å²) in [5, 5.41) is 18.9. The van der Waals surface area contributed by atoms with E-state index in [1.165, 1.54) is 12.1 Å². The highest BCUT2D eigenvalue weighted by Crippen LogP contribution is 2.21. The number of rotatable bonds is 3. The molecule has 0 aromatic heterocycles. The molecule has 2 atom stereocenters. The normalized spacial score (nSPS) is 15.2. The van der Waals surface area contributed by atoms with Gasteiger partial charge in [0.1, 0.15) is 11.9 Å². The zero-order valence-electron chi connectivity index (χ0n) is 7.81. The summed E-state index contributed by atoms with van der Waals surface area (Å²) < 4.78 is 13.2. The summed E-state index contributed by atoms with van der Waals surface area (Å²) in [7, 11) is 0. The Hall–Kier alpha value is -0.580. The third-order valence-corrected chi connectivity index (χ3v) is 2.40. The van der Waals surface area contributed by atoms with Crippen molar-refractivity contribution in [2.75, 3.05) is 5.75 Å². The lowest BCUT2D eigenvalue weighted by atomic mass is 10.0. The average Bonchev–Trinajstić information content (AvgIpc) is 2.19. The van der Waals surface area contributed by atoms with E-state index in [9.17, 15) is 14.6 Å². The molecule has 4 heteroatoms. The van der Waals surface area contributed by atoms with Crippen LogP contribution in [-0.2, 0) is 0 Å². The van der Waals surface area contributed by atoms with Crippen molar-refractivity contribution >= 4 is 12.6 Å². The zero-order valence-corrected chi connectivity index (χ0v) is 8.71. The number of aryl methyl sites for hydroxylation is 1. The molecule has 0 radical (unpaired) electrons. The minimum atomic E-state index is -1.22. The van der Waals surface area contributed by atoms with Gasteiger partial charge < -0.3 is 10.2 Å². The van der Waals surface area contributed by atoms with Crippen molar-refractivity contribution in [3.8, 4) is 0 Å². The maximum absolute atomic E-state index is 13.2. The summed E-state index contributed by atoms with van der Waals surface area (Å²) >= 11 is 3.83. The molecule has 2 unspecified atom stereocenters. The number of halogens is 1. The first-order chi connectivity index (χ1) is 6.56. The van der Waals surface area contributed by atoms with E-state index in [-0.39, 0.29) is 11.3 Å². The molecule has 1 rings (SSSR count). The van der Waals surface area contributed by atoms with E-state index in [0.717, 1.165) is 5.56 Å². The molecular weight excluding hydrogens is 203 g/mol. The van der Waals surface area contributed by atoms with Crippen LogP contribution in [0.1, 0.15) is 17.2 Å². The van der Waals surface area contributed by atoms with E-state index in [0.29, 0.717) is 0 Å². The second-order valence-corrected chi connectivity index (χ2v) is 3.58. The molecule has 0 aliphatic heterocycles. The van der Waals surface area contributed by atoms with Crippen molar-refractivity contribution in [3.63, 3.8) is 0 Å². The summed E-state index contributed by atoms with van der Waals surface area (Å²) in [4.78, 5) is 0. The molecule has 14 heavy (non-hydrogen) atoms. The SMILES string of the molecule is Cc1ccc(F)c(C(O)C(O)CS)c1. The number of thiol groups is 1. The molecule has 0 saturated heterocycles. The Bertz CT molecular complexity index is 317. The van der Waals surface area contributed by atoms with Gasteiger partial charge in [-0.25, -0.2) is 4.39 Å². The van der Waals surface area contributed by atoms with E-state index in [1.54, 1.807) is 13.0 Å². The van der Waals surface area contributed by atoms with E-state index < -0.39 is 18.0 Å². The standard InChI is InChI=1S/C10H13FO2S/c1-6-2-3-8(11)7(4-6)10(13)9(12)5-14/h2-4,9-10,12-14H,5H2,1H3. The van der Waals surface area contributed by atoms with Crippen molar-refractivity contribution in [1.82, 2.24) is 0 Å². The first-order valence-electron chi connectivity index (χ1n) is 4.29. The minimum absolute atomic E-state index is 0.0918. The predicted molar refractivity (Wildman–Crippen MR) is 56.0 cm³/mol. The van der Waals surface area contributed by atoms with Crippen LogP contribution in [0.25, 0.3) is 0 Å². The van der Waals surface area contributed by atoms with Crippen LogP contribution in [0.4, 0.5) is 4.39 Å². The van der Waals surface area contributed by atoms with Gasteiger partial charge in [0.15, 0.2) is 0 Å². The first kappa shape index (κ1) is 11.5. The second kappa shape index (κ2) is 4.77. The van der Waals surface area contributed by atoms with E-state index in [4.69, 9.17) is 0 Å². The Morgan fingerprint density at radius 1 is 1.43 bits per heavy atom. The Kier molecular flexibility index (Phi) is 3.92. The van der Waals surface area contributed by atoms with Gasteiger partial charge in [0.05, 0.1) is 6.10 Å². The lowest BCUT2D eigenvalue weighted by molar-refractivity contribution is 0.0314. The lowest BCUT2D eigenvalue weighted by Gasteiger charge is -2.17. The molecule has 1 aromatic rings. The summed E-state index contributed by atoms with van der Waals surface area (Å²) in [5.74, 6) is -0.418. The molecule has 0 aliphatic carbocycles. The fraction of sp³-hybridized carbons (Fsp3) is 0.400. The number of hydrogen-bond acceptors (Lipinski definition) is 3. The molecule has 0 aliphatic rings. The molecule has 78 valence electrons. The fourth-order valence-electron chi connectivity index (χ4n) is 1.20. The first-order valence-corrected chi connectivity index (χ1v) is 4.92. The lowest BCUT2D eigenvalue weighted by Crippen LogP contribution is -2.20. The average molecular weight is 216 g/mol. The largest absolute Gasteiger partial charge is 0.389 e. The third-order valence-electron chi connectivity index (χ3n) is 2.02. The molecule has 0 bridgehead atoms. The van der Waals surface area contributed by atoms with Gasteiger partial charge in [-0.15, -0.1) is 0 Å². The zero-order chi connectivity index (χ0) is 10.7. The Balaban J connectivity index is 2.99. The van der Waals surface area contributed by atoms with Crippen molar-refractivity contribution in [1.29, 1.82) is 0 Å². The third kappa shape index (κ3) is 2.47. The fourth-order valence-corrected chi connectivity index (χ4v) is 1.40. The van der Waals surface area contributed by atoms with Crippen molar-refractivity contribution in [3.05, 3.63) is 35.1 Å². The summed E-state index contributed by atoms with van der Waals surface area (Å²) in [6.07, 6.45) is -2.26. The van der Waals surface area contributed by atoms with Crippen molar-refractivity contribution < 1.29 is 14.6 Å². The molecule has 0 heterocycles. The Morgan fingerprint density at radius 2 is 2.07 bits per heavy atom. The Labute approximate surface area is 87.8 Å².